The van der Waals surface area contributed by atoms with E-state index in [4.69, 9.17) is 13.7 Å². The van der Waals surface area contributed by atoms with E-state index in [0.29, 0.717) is 11.6 Å². The lowest BCUT2D eigenvalue weighted by Crippen LogP contribution is -2.00. The summed E-state index contributed by atoms with van der Waals surface area (Å²) < 4.78 is 15.2. The molecule has 0 radical (unpaired) electrons. The van der Waals surface area contributed by atoms with Crippen molar-refractivity contribution in [1.29, 1.82) is 0 Å². The zero-order valence-electron chi connectivity index (χ0n) is 12.4. The summed E-state index contributed by atoms with van der Waals surface area (Å²) in [6.45, 7) is 1.88. The second-order valence-electron chi connectivity index (χ2n) is 4.78. The Balaban J connectivity index is 1.59. The number of ether oxygens (including phenoxy) is 1. The summed E-state index contributed by atoms with van der Waals surface area (Å²) in [5.74, 6) is 0.766. The normalized spacial score (nSPS) is 11.0. The molecular weight excluding hydrogens is 296 g/mol. The Hall–Kier alpha value is -3.15. The first-order chi connectivity index (χ1) is 11.2. The van der Waals surface area contributed by atoms with E-state index < -0.39 is 5.97 Å². The van der Waals surface area contributed by atoms with Crippen LogP contribution in [0.25, 0.3) is 17.5 Å². The number of aryl methyl sites for hydroxylation is 1. The summed E-state index contributed by atoms with van der Waals surface area (Å²) >= 11 is 0. The fraction of sp³-hybridized carbons (Fsp3) is 0.118. The van der Waals surface area contributed by atoms with Gasteiger partial charge in [0.25, 0.3) is 5.89 Å². The monoisotopic (exact) mass is 310 g/mol. The van der Waals surface area contributed by atoms with Crippen molar-refractivity contribution >= 4 is 12.0 Å². The lowest BCUT2D eigenvalue weighted by atomic mass is 10.1. The van der Waals surface area contributed by atoms with Crippen LogP contribution in [-0.2, 0) is 16.1 Å². The van der Waals surface area contributed by atoms with Crippen molar-refractivity contribution in [3.63, 3.8) is 0 Å². The lowest BCUT2D eigenvalue weighted by molar-refractivity contribution is -0.139. The zero-order chi connectivity index (χ0) is 16.1. The van der Waals surface area contributed by atoms with Crippen LogP contribution >= 0.6 is 0 Å². The van der Waals surface area contributed by atoms with Gasteiger partial charge in [0.05, 0.1) is 6.26 Å². The van der Waals surface area contributed by atoms with Crippen LogP contribution < -0.4 is 0 Å². The van der Waals surface area contributed by atoms with Gasteiger partial charge in [-0.3, -0.25) is 0 Å². The van der Waals surface area contributed by atoms with Crippen molar-refractivity contribution in [3.05, 3.63) is 66.0 Å². The van der Waals surface area contributed by atoms with E-state index in [-0.39, 0.29) is 12.5 Å². The number of furan rings is 1. The molecule has 0 aliphatic rings. The van der Waals surface area contributed by atoms with Gasteiger partial charge in [-0.05, 0) is 30.7 Å². The van der Waals surface area contributed by atoms with Crippen LogP contribution in [0, 0.1) is 6.92 Å². The van der Waals surface area contributed by atoms with Gasteiger partial charge < -0.3 is 13.7 Å². The van der Waals surface area contributed by atoms with Gasteiger partial charge in [0.1, 0.15) is 5.76 Å². The molecule has 0 saturated heterocycles. The topological polar surface area (TPSA) is 78.4 Å². The number of aromatic nitrogens is 2. The maximum Gasteiger partial charge on any atom is 0.331 e. The quantitative estimate of drug-likeness (QED) is 0.531. The molecule has 0 fully saturated rings. The average molecular weight is 310 g/mol. The highest BCUT2D eigenvalue weighted by atomic mass is 16.6. The van der Waals surface area contributed by atoms with Crippen molar-refractivity contribution in [1.82, 2.24) is 10.1 Å². The third-order valence-electron chi connectivity index (χ3n) is 3.12. The minimum atomic E-state index is -0.517. The Bertz CT molecular complexity index is 819. The minimum Gasteiger partial charge on any atom is -0.465 e. The smallest absolute Gasteiger partial charge is 0.331 e. The van der Waals surface area contributed by atoms with Crippen LogP contribution in [-0.4, -0.2) is 16.1 Å². The SMILES string of the molecule is Cc1ccccc1-c1noc(COC(=O)/C=C/c2ccco2)n1. The number of benzene rings is 1. The second kappa shape index (κ2) is 6.74. The third-order valence-corrected chi connectivity index (χ3v) is 3.12. The van der Waals surface area contributed by atoms with E-state index in [1.807, 2.05) is 31.2 Å². The molecule has 0 aliphatic heterocycles. The van der Waals surface area contributed by atoms with Gasteiger partial charge in [-0.15, -0.1) is 0 Å². The Morgan fingerprint density at radius 2 is 2.13 bits per heavy atom. The molecule has 6 nitrogen and oxygen atoms in total. The number of nitrogens with zero attached hydrogens (tertiary/aromatic N) is 2. The Kier molecular flexibility index (Phi) is 4.33. The van der Waals surface area contributed by atoms with Gasteiger partial charge in [-0.2, -0.15) is 4.98 Å². The van der Waals surface area contributed by atoms with Crippen LogP contribution in [0.15, 0.2) is 57.7 Å². The molecule has 0 bridgehead atoms. The average Bonchev–Trinajstić information content (AvgIpc) is 3.23. The summed E-state index contributed by atoms with van der Waals surface area (Å²) in [5, 5.41) is 3.90. The van der Waals surface area contributed by atoms with Gasteiger partial charge in [0.15, 0.2) is 6.61 Å². The summed E-state index contributed by atoms with van der Waals surface area (Å²) in [4.78, 5) is 15.8. The van der Waals surface area contributed by atoms with Crippen LogP contribution in [0.3, 0.4) is 0 Å². The number of carbonyl (C=O) groups excluding carboxylic acids is 1. The Morgan fingerprint density at radius 1 is 1.26 bits per heavy atom. The van der Waals surface area contributed by atoms with E-state index in [1.54, 1.807) is 12.1 Å². The van der Waals surface area contributed by atoms with Gasteiger partial charge >= 0.3 is 5.97 Å². The molecule has 23 heavy (non-hydrogen) atoms. The summed E-state index contributed by atoms with van der Waals surface area (Å²) in [5.41, 5.74) is 1.92. The standard InChI is InChI=1S/C17H14N2O4/c1-12-5-2-3-7-14(12)17-18-15(23-19-17)11-22-16(20)9-8-13-6-4-10-21-13/h2-10H,11H2,1H3/b9-8+. The van der Waals surface area contributed by atoms with Gasteiger partial charge in [-0.25, -0.2) is 4.79 Å². The summed E-state index contributed by atoms with van der Waals surface area (Å²) in [6, 6.07) is 11.2. The molecule has 0 unspecified atom stereocenters. The second-order valence-corrected chi connectivity index (χ2v) is 4.78. The van der Waals surface area contributed by atoms with E-state index in [9.17, 15) is 4.79 Å². The number of esters is 1. The van der Waals surface area contributed by atoms with Crippen LogP contribution in [0.5, 0.6) is 0 Å². The highest BCUT2D eigenvalue weighted by Crippen LogP contribution is 2.19. The molecule has 3 rings (SSSR count). The molecule has 2 aromatic heterocycles. The molecule has 1 aromatic carbocycles. The molecule has 0 amide bonds. The molecule has 0 saturated carbocycles. The number of carbonyl (C=O) groups is 1. The van der Waals surface area contributed by atoms with Crippen LogP contribution in [0.2, 0.25) is 0 Å². The number of rotatable bonds is 5. The molecule has 0 aliphatic carbocycles. The van der Waals surface area contributed by atoms with Gasteiger partial charge in [-0.1, -0.05) is 29.4 Å². The highest BCUT2D eigenvalue weighted by molar-refractivity contribution is 5.86. The number of hydrogen-bond acceptors (Lipinski definition) is 6. The molecule has 0 atom stereocenters. The van der Waals surface area contributed by atoms with E-state index in [1.165, 1.54) is 18.4 Å². The molecular formula is C17H14N2O4. The van der Waals surface area contributed by atoms with E-state index in [2.05, 4.69) is 10.1 Å². The Morgan fingerprint density at radius 3 is 2.91 bits per heavy atom. The van der Waals surface area contributed by atoms with Crippen molar-refractivity contribution in [2.24, 2.45) is 0 Å². The van der Waals surface area contributed by atoms with Crippen molar-refractivity contribution < 1.29 is 18.5 Å². The lowest BCUT2D eigenvalue weighted by Gasteiger charge is -1.98. The molecule has 3 aromatic rings. The largest absolute Gasteiger partial charge is 0.465 e. The molecule has 6 heteroatoms. The Labute approximate surface area is 132 Å². The van der Waals surface area contributed by atoms with Crippen LogP contribution in [0.4, 0.5) is 0 Å². The third kappa shape index (κ3) is 3.74. The molecule has 0 N–H and O–H groups in total. The number of hydrogen-bond donors (Lipinski definition) is 0. The van der Waals surface area contributed by atoms with Crippen molar-refractivity contribution in [2.75, 3.05) is 0 Å². The molecule has 116 valence electrons. The first-order valence-electron chi connectivity index (χ1n) is 6.99. The van der Waals surface area contributed by atoms with Gasteiger partial charge in [0, 0.05) is 11.6 Å². The molecule has 2 heterocycles. The molecule has 0 spiro atoms. The van der Waals surface area contributed by atoms with Crippen molar-refractivity contribution in [3.8, 4) is 11.4 Å². The van der Waals surface area contributed by atoms with E-state index >= 15 is 0 Å². The predicted octanol–water partition coefficient (Wildman–Crippen LogP) is 3.39. The van der Waals surface area contributed by atoms with E-state index in [0.717, 1.165) is 11.1 Å². The first kappa shape index (κ1) is 14.8. The van der Waals surface area contributed by atoms with Crippen molar-refractivity contribution in [2.45, 2.75) is 13.5 Å². The first-order valence-corrected chi connectivity index (χ1v) is 6.99. The fourth-order valence-electron chi connectivity index (χ4n) is 1.96. The minimum absolute atomic E-state index is 0.0831. The van der Waals surface area contributed by atoms with Gasteiger partial charge in [0.2, 0.25) is 5.82 Å². The fourth-order valence-corrected chi connectivity index (χ4v) is 1.96. The highest BCUT2D eigenvalue weighted by Gasteiger charge is 2.11. The van der Waals surface area contributed by atoms with Crippen LogP contribution in [0.1, 0.15) is 17.2 Å². The summed E-state index contributed by atoms with van der Waals surface area (Å²) in [6.07, 6.45) is 4.32. The maximum atomic E-state index is 11.6. The zero-order valence-corrected chi connectivity index (χ0v) is 12.4. The summed E-state index contributed by atoms with van der Waals surface area (Å²) in [7, 11) is 0. The maximum absolute atomic E-state index is 11.6. The predicted molar refractivity (Wildman–Crippen MR) is 82.0 cm³/mol.